The molecule has 2 amide bonds. The fraction of sp³-hybridized carbons (Fsp3) is 0.636. The van der Waals surface area contributed by atoms with Gasteiger partial charge in [-0.1, -0.05) is 0 Å². The lowest BCUT2D eigenvalue weighted by Crippen LogP contribution is -2.55. The molecule has 88 valence electrons. The second-order valence-corrected chi connectivity index (χ2v) is 5.34. The second-order valence-electron chi connectivity index (χ2n) is 5.34. The zero-order valence-corrected chi connectivity index (χ0v) is 9.25. The fourth-order valence-electron chi connectivity index (χ4n) is 3.75. The van der Waals surface area contributed by atoms with Gasteiger partial charge in [0.1, 0.15) is 0 Å². The van der Waals surface area contributed by atoms with Crippen molar-refractivity contribution in [2.45, 2.75) is 32.1 Å². The van der Waals surface area contributed by atoms with Crippen LogP contribution in [0.25, 0.3) is 0 Å². The first kappa shape index (κ1) is 9.32. The molecule has 0 aromatic rings. The molecule has 0 aromatic carbocycles. The second kappa shape index (κ2) is 2.57. The van der Waals surface area contributed by atoms with Gasteiger partial charge in [-0.25, -0.2) is 10.9 Å². The van der Waals surface area contributed by atoms with E-state index >= 15 is 0 Å². The lowest BCUT2D eigenvalue weighted by molar-refractivity contribution is -0.133. The van der Waals surface area contributed by atoms with Crippen molar-refractivity contribution in [1.29, 1.82) is 0 Å². The molecule has 17 heavy (non-hydrogen) atoms. The number of hydrogen-bond acceptors (Lipinski definition) is 4. The summed E-state index contributed by atoms with van der Waals surface area (Å²) in [5.74, 6) is -0.0735. The average Bonchev–Trinajstić information content (AvgIpc) is 2.80. The van der Waals surface area contributed by atoms with Crippen LogP contribution in [0.1, 0.15) is 32.1 Å². The third-order valence-electron chi connectivity index (χ3n) is 4.74. The molecule has 2 bridgehead atoms. The van der Waals surface area contributed by atoms with Crippen LogP contribution in [0.15, 0.2) is 10.2 Å². The van der Waals surface area contributed by atoms with Gasteiger partial charge in [-0.05, 0) is 32.1 Å². The van der Waals surface area contributed by atoms with Gasteiger partial charge < -0.3 is 0 Å². The molecule has 2 atom stereocenters. The van der Waals surface area contributed by atoms with E-state index < -0.39 is 10.8 Å². The van der Waals surface area contributed by atoms with Crippen molar-refractivity contribution in [2.75, 3.05) is 0 Å². The number of carbonyl (C=O) groups is 2. The summed E-state index contributed by atoms with van der Waals surface area (Å²) >= 11 is 0. The van der Waals surface area contributed by atoms with E-state index in [4.69, 9.17) is 0 Å². The summed E-state index contributed by atoms with van der Waals surface area (Å²) in [6, 6.07) is 0. The van der Waals surface area contributed by atoms with E-state index in [0.717, 1.165) is 24.3 Å². The molecule has 2 aliphatic heterocycles. The summed E-state index contributed by atoms with van der Waals surface area (Å²) in [5, 5.41) is 8.26. The van der Waals surface area contributed by atoms with Crippen molar-refractivity contribution < 1.29 is 9.59 Å². The number of nitrogens with one attached hydrogen (secondary N) is 2. The zero-order valence-electron chi connectivity index (χ0n) is 9.25. The summed E-state index contributed by atoms with van der Waals surface area (Å²) in [4.78, 5) is 24.1. The Morgan fingerprint density at radius 3 is 1.82 bits per heavy atom. The van der Waals surface area contributed by atoms with Crippen molar-refractivity contribution in [3.05, 3.63) is 0 Å². The van der Waals surface area contributed by atoms with Gasteiger partial charge in [-0.2, -0.15) is 10.2 Å². The summed E-state index contributed by atoms with van der Waals surface area (Å²) in [7, 11) is 0. The number of carbonyl (C=O) groups excluding carboxylic acids is 2. The molecule has 4 rings (SSSR count). The first-order valence-corrected chi connectivity index (χ1v) is 5.92. The Labute approximate surface area is 97.5 Å². The predicted octanol–water partition coefficient (Wildman–Crippen LogP) is -0.0915. The lowest BCUT2D eigenvalue weighted by Gasteiger charge is -2.46. The van der Waals surface area contributed by atoms with Gasteiger partial charge in [0.05, 0.1) is 22.3 Å². The van der Waals surface area contributed by atoms with Gasteiger partial charge >= 0.3 is 0 Å². The Hall–Kier alpha value is -1.72. The number of hydrazone groups is 2. The van der Waals surface area contributed by atoms with Gasteiger partial charge in [0.2, 0.25) is 0 Å². The number of hydrogen-bond donors (Lipinski definition) is 2. The SMILES string of the molecule is O=C1NN=C2CC[C@]34C[C@@]12CCC3=NNC4=O. The van der Waals surface area contributed by atoms with Crippen LogP contribution in [0.2, 0.25) is 0 Å². The van der Waals surface area contributed by atoms with Crippen LogP contribution in [0.5, 0.6) is 0 Å². The van der Waals surface area contributed by atoms with Crippen LogP contribution in [0.3, 0.4) is 0 Å². The largest absolute Gasteiger partial charge is 0.272 e. The standard InChI is InChI=1S/C11H12N4O2/c16-8-10-3-1-6-11(5-10,9(17)14-12-6)4-2-7(10)13-15-8/h1-5H2,(H,14,17)(H,15,16)/t10-,11+. The highest BCUT2D eigenvalue weighted by molar-refractivity contribution is 6.20. The zero-order chi connectivity index (χ0) is 11.7. The minimum Gasteiger partial charge on any atom is -0.272 e. The predicted molar refractivity (Wildman–Crippen MR) is 59.1 cm³/mol. The Morgan fingerprint density at radius 2 is 1.35 bits per heavy atom. The third kappa shape index (κ3) is 0.852. The van der Waals surface area contributed by atoms with Crippen LogP contribution >= 0.6 is 0 Å². The normalized spacial score (nSPS) is 42.1. The van der Waals surface area contributed by atoms with Crippen LogP contribution < -0.4 is 10.9 Å². The average molecular weight is 232 g/mol. The smallest absolute Gasteiger partial charge is 0.252 e. The molecule has 0 saturated heterocycles. The Morgan fingerprint density at radius 1 is 0.882 bits per heavy atom. The van der Waals surface area contributed by atoms with E-state index in [1.165, 1.54) is 0 Å². The molecule has 2 heterocycles. The minimum absolute atomic E-state index is 0.0367. The molecule has 6 nitrogen and oxygen atoms in total. The first-order valence-electron chi connectivity index (χ1n) is 5.92. The molecule has 6 heteroatoms. The summed E-state index contributed by atoms with van der Waals surface area (Å²) in [6.07, 6.45) is 3.44. The number of amides is 2. The molecular formula is C11H12N4O2. The maximum Gasteiger partial charge on any atom is 0.252 e. The Bertz CT molecular complexity index is 478. The summed E-state index contributed by atoms with van der Waals surface area (Å²) < 4.78 is 0. The van der Waals surface area contributed by atoms with Gasteiger partial charge in [0.25, 0.3) is 11.8 Å². The molecule has 2 N–H and O–H groups in total. The van der Waals surface area contributed by atoms with E-state index in [9.17, 15) is 9.59 Å². The van der Waals surface area contributed by atoms with E-state index in [1.807, 2.05) is 0 Å². The van der Waals surface area contributed by atoms with Crippen molar-refractivity contribution in [1.82, 2.24) is 10.9 Å². The summed E-state index contributed by atoms with van der Waals surface area (Å²) in [5.41, 5.74) is 5.97. The fourth-order valence-corrected chi connectivity index (χ4v) is 3.75. The van der Waals surface area contributed by atoms with Gasteiger partial charge in [-0.3, -0.25) is 9.59 Å². The Balaban J connectivity index is 1.87. The van der Waals surface area contributed by atoms with E-state index in [-0.39, 0.29) is 11.8 Å². The van der Waals surface area contributed by atoms with Crippen molar-refractivity contribution in [2.24, 2.45) is 21.0 Å². The van der Waals surface area contributed by atoms with Gasteiger partial charge in [-0.15, -0.1) is 0 Å². The lowest BCUT2D eigenvalue weighted by atomic mass is 9.53. The minimum atomic E-state index is -0.529. The monoisotopic (exact) mass is 232 g/mol. The van der Waals surface area contributed by atoms with Crippen LogP contribution in [0, 0.1) is 10.8 Å². The van der Waals surface area contributed by atoms with E-state index in [2.05, 4.69) is 21.1 Å². The number of rotatable bonds is 0. The quantitative estimate of drug-likeness (QED) is 0.611. The van der Waals surface area contributed by atoms with Crippen molar-refractivity contribution in [3.63, 3.8) is 0 Å². The van der Waals surface area contributed by atoms with Gasteiger partial charge in [0.15, 0.2) is 0 Å². The maximum absolute atomic E-state index is 12.0. The van der Waals surface area contributed by atoms with E-state index in [1.54, 1.807) is 0 Å². The Kier molecular flexibility index (Phi) is 1.41. The topological polar surface area (TPSA) is 82.9 Å². The van der Waals surface area contributed by atoms with Crippen molar-refractivity contribution in [3.8, 4) is 0 Å². The van der Waals surface area contributed by atoms with Crippen LogP contribution in [-0.2, 0) is 9.59 Å². The molecule has 2 saturated carbocycles. The van der Waals surface area contributed by atoms with Crippen LogP contribution in [0.4, 0.5) is 0 Å². The van der Waals surface area contributed by atoms with Crippen LogP contribution in [-0.4, -0.2) is 23.2 Å². The molecule has 0 aromatic heterocycles. The number of nitrogens with zero attached hydrogens (tertiary/aromatic N) is 2. The third-order valence-corrected chi connectivity index (χ3v) is 4.74. The molecule has 2 fully saturated rings. The molecular weight excluding hydrogens is 220 g/mol. The highest BCUT2D eigenvalue weighted by atomic mass is 16.2. The molecule has 4 aliphatic rings. The molecule has 2 aliphatic carbocycles. The highest BCUT2D eigenvalue weighted by Gasteiger charge is 2.63. The van der Waals surface area contributed by atoms with E-state index in [0.29, 0.717) is 19.3 Å². The van der Waals surface area contributed by atoms with Gasteiger partial charge in [0, 0.05) is 0 Å². The molecule has 0 unspecified atom stereocenters. The molecule has 2 spiro atoms. The molecule has 0 radical (unpaired) electrons. The van der Waals surface area contributed by atoms with Crippen molar-refractivity contribution >= 4 is 23.2 Å². The summed E-state index contributed by atoms with van der Waals surface area (Å²) in [6.45, 7) is 0. The maximum atomic E-state index is 12.0. The first-order chi connectivity index (χ1) is 8.17. The highest BCUT2D eigenvalue weighted by Crippen LogP contribution is 2.55.